The fourth-order valence-electron chi connectivity index (χ4n) is 9.25. The molecule has 5 aromatic carbocycles. The highest BCUT2D eigenvalue weighted by Gasteiger charge is 2.43. The number of phenolic OH excluding ortho intramolecular Hbond substituents is 1. The van der Waals surface area contributed by atoms with Gasteiger partial charge in [-0.25, -0.2) is 4.79 Å². The minimum atomic E-state index is -0.927. The van der Waals surface area contributed by atoms with Crippen LogP contribution in [0.15, 0.2) is 132 Å². The molecule has 332 valence electrons. The number of nitrogens with zero attached hydrogens (tertiary/aromatic N) is 3. The maximum Gasteiger partial charge on any atom is 0.408 e. The Hall–Kier alpha value is -6.67. The standard InChI is InChI=1S/C51H55N5O8/c1-63-40-12-5-8-35(28-40)31-55(25-7-24-52-30-46(58)42-18-20-45(57)48-43(42)19-21-47(59)53-48)50(60)38-16-14-34(15-17-38)33-64-41-13-6-11-39(29-41)49(37-9-3-2-4-10-37)56(51(61)62)44-32-54-26-22-36(44)23-27-54/h2-6,8-21,28-29,36,44,46,49,52,57-58H,7,22-27,30-33H2,1H3,(H,53,59)(H,61,62)/t44-,46-,49-/m0/s1. The zero-order chi connectivity index (χ0) is 44.6. The highest BCUT2D eigenvalue weighted by molar-refractivity contribution is 5.94. The summed E-state index contributed by atoms with van der Waals surface area (Å²) in [5.74, 6) is 1.45. The molecule has 5 N–H and O–H groups in total. The number of aromatic nitrogens is 1. The van der Waals surface area contributed by atoms with E-state index in [1.54, 1.807) is 29.0 Å². The second kappa shape index (κ2) is 20.2. The van der Waals surface area contributed by atoms with Crippen molar-refractivity contribution in [2.24, 2.45) is 5.92 Å². The Morgan fingerprint density at radius 3 is 2.34 bits per heavy atom. The number of ether oxygens (including phenoxy) is 2. The van der Waals surface area contributed by atoms with Gasteiger partial charge in [0.05, 0.1) is 30.8 Å². The molecule has 0 aliphatic carbocycles. The monoisotopic (exact) mass is 865 g/mol. The van der Waals surface area contributed by atoms with Gasteiger partial charge < -0.3 is 44.9 Å². The van der Waals surface area contributed by atoms with Crippen LogP contribution in [0.5, 0.6) is 17.2 Å². The molecule has 3 fully saturated rings. The van der Waals surface area contributed by atoms with E-state index in [1.165, 1.54) is 12.1 Å². The number of rotatable bonds is 18. The van der Waals surface area contributed by atoms with Crippen LogP contribution in [-0.4, -0.2) is 99.4 Å². The van der Waals surface area contributed by atoms with E-state index in [0.29, 0.717) is 60.0 Å². The first-order valence-corrected chi connectivity index (χ1v) is 21.9. The van der Waals surface area contributed by atoms with Gasteiger partial charge in [0, 0.05) is 43.2 Å². The van der Waals surface area contributed by atoms with E-state index in [9.17, 15) is 29.7 Å². The molecule has 3 aliphatic heterocycles. The van der Waals surface area contributed by atoms with Gasteiger partial charge in [-0.2, -0.15) is 0 Å². The molecule has 64 heavy (non-hydrogen) atoms. The Bertz CT molecular complexity index is 2600. The fourth-order valence-corrected chi connectivity index (χ4v) is 9.25. The predicted octanol–water partition coefficient (Wildman–Crippen LogP) is 7.34. The fraction of sp³-hybridized carbons (Fsp3) is 0.314. The number of aliphatic hydroxyl groups excluding tert-OH is 1. The number of nitrogens with one attached hydrogen (secondary N) is 2. The van der Waals surface area contributed by atoms with Crippen molar-refractivity contribution in [3.63, 3.8) is 0 Å². The van der Waals surface area contributed by atoms with Crippen molar-refractivity contribution in [1.82, 2.24) is 25.0 Å². The van der Waals surface area contributed by atoms with Gasteiger partial charge >= 0.3 is 6.09 Å². The molecule has 0 spiro atoms. The van der Waals surface area contributed by atoms with E-state index >= 15 is 0 Å². The summed E-state index contributed by atoms with van der Waals surface area (Å²) in [4.78, 5) is 47.5. The lowest BCUT2D eigenvalue weighted by molar-refractivity contribution is -0.000814. The first-order chi connectivity index (χ1) is 31.1. The first-order valence-electron chi connectivity index (χ1n) is 21.9. The van der Waals surface area contributed by atoms with Gasteiger partial charge in [-0.05, 0) is 121 Å². The van der Waals surface area contributed by atoms with Gasteiger partial charge in [0.15, 0.2) is 0 Å². The van der Waals surface area contributed by atoms with Crippen LogP contribution in [0, 0.1) is 5.92 Å². The summed E-state index contributed by atoms with van der Waals surface area (Å²) in [5.41, 5.74) is 4.59. The third-order valence-electron chi connectivity index (χ3n) is 12.6. The van der Waals surface area contributed by atoms with Gasteiger partial charge in [-0.15, -0.1) is 0 Å². The topological polar surface area (TPSA) is 168 Å². The molecule has 9 rings (SSSR count). The largest absolute Gasteiger partial charge is 0.506 e. The van der Waals surface area contributed by atoms with Gasteiger partial charge in [0.25, 0.3) is 5.91 Å². The van der Waals surface area contributed by atoms with E-state index in [2.05, 4.69) is 15.2 Å². The molecule has 3 aliphatic rings. The number of benzene rings is 5. The molecular weight excluding hydrogens is 811 g/mol. The second-order valence-electron chi connectivity index (χ2n) is 16.7. The van der Waals surface area contributed by atoms with Gasteiger partial charge in [-0.1, -0.05) is 72.8 Å². The van der Waals surface area contributed by atoms with Crippen LogP contribution in [0.25, 0.3) is 10.9 Å². The zero-order valence-corrected chi connectivity index (χ0v) is 35.9. The average molecular weight is 866 g/mol. The Morgan fingerprint density at radius 1 is 0.859 bits per heavy atom. The molecule has 2 bridgehead atoms. The molecule has 4 heterocycles. The minimum absolute atomic E-state index is 0.0687. The van der Waals surface area contributed by atoms with E-state index in [-0.39, 0.29) is 41.9 Å². The summed E-state index contributed by atoms with van der Waals surface area (Å²) in [6.45, 7) is 4.57. The number of carboxylic acid groups (broad SMARTS) is 1. The van der Waals surface area contributed by atoms with E-state index < -0.39 is 18.2 Å². The maximum absolute atomic E-state index is 14.1. The number of carbonyl (C=O) groups excluding carboxylic acids is 1. The third-order valence-corrected chi connectivity index (χ3v) is 12.6. The van der Waals surface area contributed by atoms with Gasteiger partial charge in [0.2, 0.25) is 5.56 Å². The number of carbonyl (C=O) groups is 2. The number of hydrogen-bond donors (Lipinski definition) is 5. The molecule has 13 nitrogen and oxygen atoms in total. The van der Waals surface area contributed by atoms with Crippen molar-refractivity contribution in [2.45, 2.75) is 50.6 Å². The van der Waals surface area contributed by atoms with Gasteiger partial charge in [-0.3, -0.25) is 14.5 Å². The summed E-state index contributed by atoms with van der Waals surface area (Å²) >= 11 is 0. The van der Waals surface area contributed by atoms with Crippen molar-refractivity contribution in [2.75, 3.05) is 46.4 Å². The number of phenols is 1. The number of aromatic hydroxyl groups is 1. The number of aliphatic hydroxyl groups is 1. The van der Waals surface area contributed by atoms with Crippen LogP contribution in [-0.2, 0) is 13.2 Å². The lowest BCUT2D eigenvalue weighted by Gasteiger charge is -2.50. The molecule has 1 aromatic heterocycles. The maximum atomic E-state index is 14.1. The van der Waals surface area contributed by atoms with Crippen LogP contribution < -0.4 is 20.3 Å². The Labute approximate surface area is 372 Å². The summed E-state index contributed by atoms with van der Waals surface area (Å²) < 4.78 is 11.8. The number of pyridine rings is 1. The first kappa shape index (κ1) is 44.0. The molecule has 2 amide bonds. The van der Waals surface area contributed by atoms with Crippen LogP contribution in [0.2, 0.25) is 0 Å². The number of aromatic amines is 1. The molecule has 3 atom stereocenters. The summed E-state index contributed by atoms with van der Waals surface area (Å²) in [6, 6.07) is 38.0. The molecule has 13 heteroatoms. The second-order valence-corrected chi connectivity index (χ2v) is 16.7. The van der Waals surface area contributed by atoms with E-state index in [4.69, 9.17) is 9.47 Å². The van der Waals surface area contributed by atoms with Crippen LogP contribution in [0.1, 0.15) is 69.6 Å². The quantitative estimate of drug-likeness (QED) is 0.0552. The predicted molar refractivity (Wildman–Crippen MR) is 245 cm³/mol. The minimum Gasteiger partial charge on any atom is -0.506 e. The number of methoxy groups -OCH3 is 1. The lowest BCUT2D eigenvalue weighted by Crippen LogP contribution is -2.59. The molecule has 0 saturated carbocycles. The summed E-state index contributed by atoms with van der Waals surface area (Å²) in [7, 11) is 1.61. The Kier molecular flexibility index (Phi) is 13.9. The summed E-state index contributed by atoms with van der Waals surface area (Å²) in [5, 5.41) is 35.9. The van der Waals surface area contributed by atoms with Crippen molar-refractivity contribution in [1.29, 1.82) is 0 Å². The normalized spacial score (nSPS) is 17.7. The number of H-pyrrole nitrogens is 1. The number of amides is 2. The Balaban J connectivity index is 0.920. The van der Waals surface area contributed by atoms with Gasteiger partial charge in [0.1, 0.15) is 23.9 Å². The van der Waals surface area contributed by atoms with Crippen molar-refractivity contribution >= 4 is 22.9 Å². The molecule has 3 saturated heterocycles. The average Bonchev–Trinajstić information content (AvgIpc) is 3.32. The van der Waals surface area contributed by atoms with Crippen LogP contribution in [0.3, 0.4) is 0 Å². The zero-order valence-electron chi connectivity index (χ0n) is 35.9. The molecular formula is C51H55N5O8. The molecule has 0 radical (unpaired) electrons. The van der Waals surface area contributed by atoms with Crippen molar-refractivity contribution < 1.29 is 34.4 Å². The van der Waals surface area contributed by atoms with E-state index in [1.807, 2.05) is 103 Å². The Morgan fingerprint density at radius 2 is 1.61 bits per heavy atom. The van der Waals surface area contributed by atoms with Crippen LogP contribution >= 0.6 is 0 Å². The number of piperidine rings is 3. The van der Waals surface area contributed by atoms with E-state index in [0.717, 1.165) is 54.7 Å². The highest BCUT2D eigenvalue weighted by Crippen LogP contribution is 2.39. The smallest absolute Gasteiger partial charge is 0.408 e. The van der Waals surface area contributed by atoms with Crippen LogP contribution in [0.4, 0.5) is 4.79 Å². The third kappa shape index (κ3) is 10.2. The van der Waals surface area contributed by atoms with Crippen molar-refractivity contribution in [3.8, 4) is 17.2 Å². The lowest BCUT2D eigenvalue weighted by atomic mass is 9.81. The highest BCUT2D eigenvalue weighted by atomic mass is 16.5. The molecule has 0 unspecified atom stereocenters. The SMILES string of the molecule is COc1cccc(CN(CCCNC[C@H](O)c2ccc(O)c3[nH]c(=O)ccc23)C(=O)c2ccc(COc3cccc([C@H](c4ccccc4)N(C(=O)O)[C@H]4CN5CCC4CC5)c3)cc2)c1. The summed E-state index contributed by atoms with van der Waals surface area (Å²) in [6.07, 6.45) is 0.780. The number of fused-ring (bicyclic) bond motifs is 4. The number of hydrogen-bond acceptors (Lipinski definition) is 9. The van der Waals surface area contributed by atoms with Crippen molar-refractivity contribution in [3.05, 3.63) is 171 Å². The molecule has 6 aromatic rings.